The quantitative estimate of drug-likeness (QED) is 0.365. The van der Waals surface area contributed by atoms with Gasteiger partial charge in [-0.1, -0.05) is 12.1 Å². The molecule has 2 amide bonds. The molecule has 0 radical (unpaired) electrons. The number of carbonyl (C=O) groups is 2. The Kier molecular flexibility index (Phi) is 6.47. The Hall–Kier alpha value is -4.10. The summed E-state index contributed by atoms with van der Waals surface area (Å²) < 4.78 is 57.0. The Bertz CT molecular complexity index is 1040. The summed E-state index contributed by atoms with van der Waals surface area (Å²) >= 11 is 0. The van der Waals surface area contributed by atoms with Gasteiger partial charge in [0.25, 0.3) is 11.4 Å². The molecule has 0 fully saturated rings. The lowest BCUT2D eigenvalue weighted by Gasteiger charge is -2.24. The van der Waals surface area contributed by atoms with Gasteiger partial charge < -0.3 is 10.6 Å². The largest absolute Gasteiger partial charge is 0.396 e. The Morgan fingerprint density at radius 2 is 1.06 bits per heavy atom. The highest BCUT2D eigenvalue weighted by atomic mass is 19.3. The Labute approximate surface area is 176 Å². The molecule has 0 saturated heterocycles. The van der Waals surface area contributed by atoms with Crippen molar-refractivity contribution in [1.29, 1.82) is 0 Å². The van der Waals surface area contributed by atoms with Gasteiger partial charge in [0.15, 0.2) is 0 Å². The number of halogens is 4. The van der Waals surface area contributed by atoms with E-state index in [1.807, 2.05) is 0 Å². The van der Waals surface area contributed by atoms with Crippen molar-refractivity contribution < 1.29 is 37.0 Å². The molecule has 2 aromatic rings. The van der Waals surface area contributed by atoms with Gasteiger partial charge >= 0.3 is 23.7 Å². The van der Waals surface area contributed by atoms with Gasteiger partial charge in [-0.05, 0) is 37.1 Å². The number of hydrogen-bond acceptors (Lipinski definition) is 6. The third-order valence-corrected chi connectivity index (χ3v) is 4.16. The summed E-state index contributed by atoms with van der Waals surface area (Å²) in [6.45, 7) is 2.85. The van der Waals surface area contributed by atoms with Gasteiger partial charge in [-0.25, -0.2) is 0 Å². The van der Waals surface area contributed by atoms with E-state index in [2.05, 4.69) is 0 Å². The molecular weight excluding hydrogens is 444 g/mol. The fourth-order valence-corrected chi connectivity index (χ4v) is 2.48. The molecule has 0 bridgehead atoms. The van der Waals surface area contributed by atoms with E-state index >= 15 is 0 Å². The molecule has 0 aliphatic carbocycles. The molecule has 2 aromatic carbocycles. The van der Waals surface area contributed by atoms with Crippen LogP contribution in [0, 0.1) is 34.1 Å². The van der Waals surface area contributed by atoms with Crippen molar-refractivity contribution in [3.8, 4) is 0 Å². The minimum absolute atomic E-state index is 0.325. The molecular formula is C18H14F4N4O6. The minimum atomic E-state index is -5.67. The second-order valence-electron chi connectivity index (χ2n) is 6.61. The number of nitro benzene ring substituents is 2. The predicted molar refractivity (Wildman–Crippen MR) is 103 cm³/mol. The molecule has 2 rings (SSSR count). The van der Waals surface area contributed by atoms with Crippen LogP contribution in [0.15, 0.2) is 36.4 Å². The summed E-state index contributed by atoms with van der Waals surface area (Å²) in [5, 5.41) is 24.7. The smallest absolute Gasteiger partial charge is 0.315 e. The lowest BCUT2D eigenvalue weighted by atomic mass is 10.1. The Balaban J connectivity index is 2.33. The number of benzene rings is 2. The number of rotatable bonds is 7. The van der Waals surface area contributed by atoms with Gasteiger partial charge in [-0.3, -0.25) is 29.8 Å². The van der Waals surface area contributed by atoms with Crippen LogP contribution in [0.1, 0.15) is 11.1 Å². The van der Waals surface area contributed by atoms with Crippen LogP contribution >= 0.6 is 0 Å². The Morgan fingerprint density at radius 3 is 1.34 bits per heavy atom. The summed E-state index contributed by atoms with van der Waals surface area (Å²) in [6.07, 6.45) is 0. The van der Waals surface area contributed by atoms with Crippen molar-refractivity contribution in [2.24, 2.45) is 0 Å². The van der Waals surface area contributed by atoms with E-state index < -0.39 is 56.3 Å². The van der Waals surface area contributed by atoms with Crippen LogP contribution in [-0.4, -0.2) is 33.5 Å². The van der Waals surface area contributed by atoms with Crippen molar-refractivity contribution in [2.75, 3.05) is 10.6 Å². The van der Waals surface area contributed by atoms with Crippen LogP contribution in [-0.2, 0) is 9.59 Å². The van der Waals surface area contributed by atoms with Crippen LogP contribution in [0.3, 0.4) is 0 Å². The number of nitro groups is 2. The molecule has 0 spiro atoms. The van der Waals surface area contributed by atoms with E-state index in [-0.39, 0.29) is 0 Å². The first-order valence-corrected chi connectivity index (χ1v) is 8.57. The van der Waals surface area contributed by atoms with E-state index in [0.717, 1.165) is 24.3 Å². The monoisotopic (exact) mass is 458 g/mol. The van der Waals surface area contributed by atoms with Crippen LogP contribution < -0.4 is 10.6 Å². The fourth-order valence-electron chi connectivity index (χ4n) is 2.48. The lowest BCUT2D eigenvalue weighted by Crippen LogP contribution is -2.56. The summed E-state index contributed by atoms with van der Waals surface area (Å²) in [6, 6.07) is 5.93. The van der Waals surface area contributed by atoms with Crippen molar-refractivity contribution in [1.82, 2.24) is 0 Å². The van der Waals surface area contributed by atoms with E-state index in [1.165, 1.54) is 36.6 Å². The SMILES string of the molecule is Cc1ccc(NC(=O)C(F)(F)C(F)(F)C(=O)Nc2ccc(C)cc2[N+](=O)[O-])c([N+](=O)[O-])c1. The number of amides is 2. The highest BCUT2D eigenvalue weighted by molar-refractivity contribution is 6.06. The van der Waals surface area contributed by atoms with Crippen molar-refractivity contribution in [3.63, 3.8) is 0 Å². The molecule has 10 nitrogen and oxygen atoms in total. The van der Waals surface area contributed by atoms with Crippen molar-refractivity contribution >= 4 is 34.6 Å². The topological polar surface area (TPSA) is 144 Å². The maximum atomic E-state index is 14.2. The molecule has 0 aliphatic heterocycles. The third kappa shape index (κ3) is 4.63. The summed E-state index contributed by atoms with van der Waals surface area (Å²) in [5.74, 6) is -16.7. The zero-order valence-electron chi connectivity index (χ0n) is 16.3. The van der Waals surface area contributed by atoms with Gasteiger partial charge in [0.1, 0.15) is 11.4 Å². The second kappa shape index (κ2) is 8.56. The first-order valence-electron chi connectivity index (χ1n) is 8.57. The molecule has 0 heterocycles. The summed E-state index contributed by atoms with van der Waals surface area (Å²) in [7, 11) is 0. The van der Waals surface area contributed by atoms with E-state index in [9.17, 15) is 47.4 Å². The van der Waals surface area contributed by atoms with Crippen molar-refractivity contribution in [2.45, 2.75) is 25.7 Å². The molecule has 14 heteroatoms. The van der Waals surface area contributed by atoms with Crippen LogP contribution in [0.5, 0.6) is 0 Å². The molecule has 2 N–H and O–H groups in total. The maximum Gasteiger partial charge on any atom is 0.396 e. The molecule has 170 valence electrons. The zero-order valence-corrected chi connectivity index (χ0v) is 16.3. The maximum absolute atomic E-state index is 14.2. The molecule has 0 aromatic heterocycles. The third-order valence-electron chi connectivity index (χ3n) is 4.16. The van der Waals surface area contributed by atoms with Crippen LogP contribution in [0.25, 0.3) is 0 Å². The summed E-state index contributed by atoms with van der Waals surface area (Å²) in [5.41, 5.74) is -2.61. The molecule has 0 saturated carbocycles. The van der Waals surface area contributed by atoms with Crippen LogP contribution in [0.2, 0.25) is 0 Å². The average molecular weight is 458 g/mol. The molecule has 0 unspecified atom stereocenters. The lowest BCUT2D eigenvalue weighted by molar-refractivity contribution is -0.384. The van der Waals surface area contributed by atoms with Gasteiger partial charge in [-0.15, -0.1) is 0 Å². The number of nitrogens with one attached hydrogen (secondary N) is 2. The minimum Gasteiger partial charge on any atom is -0.315 e. The Morgan fingerprint density at radius 1 is 0.750 bits per heavy atom. The van der Waals surface area contributed by atoms with Crippen molar-refractivity contribution in [3.05, 3.63) is 67.8 Å². The van der Waals surface area contributed by atoms with Gasteiger partial charge in [0.2, 0.25) is 0 Å². The molecule has 0 aliphatic rings. The molecule has 0 atom stereocenters. The van der Waals surface area contributed by atoms with Gasteiger partial charge in [-0.2, -0.15) is 17.6 Å². The number of alkyl halides is 4. The molecule has 32 heavy (non-hydrogen) atoms. The van der Waals surface area contributed by atoms with E-state index in [1.54, 1.807) is 0 Å². The first-order chi connectivity index (χ1) is 14.7. The number of anilines is 2. The first kappa shape index (κ1) is 24.2. The number of carbonyl (C=O) groups excluding carboxylic acids is 2. The highest BCUT2D eigenvalue weighted by Crippen LogP contribution is 2.38. The second-order valence-corrected chi connectivity index (χ2v) is 6.61. The summed E-state index contributed by atoms with van der Waals surface area (Å²) in [4.78, 5) is 43.7. The predicted octanol–water partition coefficient (Wildman–Crippen LogP) is 3.97. The van der Waals surface area contributed by atoms with Gasteiger partial charge in [0, 0.05) is 12.1 Å². The number of aryl methyl sites for hydroxylation is 2. The van der Waals surface area contributed by atoms with Crippen LogP contribution in [0.4, 0.5) is 40.3 Å². The zero-order chi connectivity index (χ0) is 24.4. The van der Waals surface area contributed by atoms with Gasteiger partial charge in [0.05, 0.1) is 9.85 Å². The van der Waals surface area contributed by atoms with E-state index in [0.29, 0.717) is 11.1 Å². The number of nitrogens with zero attached hydrogens (tertiary/aromatic N) is 2. The van der Waals surface area contributed by atoms with E-state index in [4.69, 9.17) is 0 Å². The highest BCUT2D eigenvalue weighted by Gasteiger charge is 2.67. The standard InChI is InChI=1S/C18H14F4N4O6/c1-9-3-5-11(13(7-9)25(29)30)23-15(27)17(19,20)18(21,22)16(28)24-12-6-4-10(2)8-14(12)26(31)32/h3-8H,1-2H3,(H,23,27)(H,24,28). The normalized spacial score (nSPS) is 11.6. The average Bonchev–Trinajstić information content (AvgIpc) is 2.69. The number of hydrogen-bond donors (Lipinski definition) is 2. The fraction of sp³-hybridized carbons (Fsp3) is 0.222.